The van der Waals surface area contributed by atoms with E-state index >= 15 is 0 Å². The number of anilines is 1. The number of rotatable bonds is 3. The minimum Gasteiger partial charge on any atom is -0.345 e. The lowest BCUT2D eigenvalue weighted by Gasteiger charge is -2.31. The molecular weight excluding hydrogens is 298 g/mol. The average molecular weight is 317 g/mol. The Morgan fingerprint density at radius 2 is 1.79 bits per heavy atom. The third kappa shape index (κ3) is 2.55. The summed E-state index contributed by atoms with van der Waals surface area (Å²) in [6.45, 7) is 1.96. The van der Waals surface area contributed by atoms with Crippen molar-refractivity contribution in [2.45, 2.75) is 12.6 Å². The standard InChI is InChI=1S/C19H19N5/c1-13-11-17(24-23-13)19(20)12-14-7-5-6-10-16(14)18(22-19)21-15-8-3-2-4-9-15/h2-12,21-22H,20H2,1H3,(H,23,24). The van der Waals surface area contributed by atoms with E-state index in [9.17, 15) is 0 Å². The lowest BCUT2D eigenvalue weighted by molar-refractivity contribution is 0.516. The minimum atomic E-state index is -0.879. The van der Waals surface area contributed by atoms with Crippen LogP contribution in [0, 0.1) is 6.92 Å². The van der Waals surface area contributed by atoms with Crippen LogP contribution in [0.25, 0.3) is 11.9 Å². The van der Waals surface area contributed by atoms with Gasteiger partial charge in [0.25, 0.3) is 0 Å². The SMILES string of the molecule is Cc1cc(C2(N)C=c3ccccc3=C(Nc3ccccc3)N2)n[nH]1. The van der Waals surface area contributed by atoms with Gasteiger partial charge in [0.05, 0.1) is 0 Å². The maximum Gasteiger partial charge on any atom is 0.153 e. The summed E-state index contributed by atoms with van der Waals surface area (Å²) in [5.41, 5.74) is 8.49. The Balaban J connectivity index is 1.85. The summed E-state index contributed by atoms with van der Waals surface area (Å²) >= 11 is 0. The fourth-order valence-corrected chi connectivity index (χ4v) is 2.94. The first-order valence-corrected chi connectivity index (χ1v) is 7.88. The highest BCUT2D eigenvalue weighted by Crippen LogP contribution is 2.19. The highest BCUT2D eigenvalue weighted by Gasteiger charge is 2.30. The average Bonchev–Trinajstić information content (AvgIpc) is 3.03. The number of nitrogens with two attached hydrogens (primary N) is 1. The number of aromatic amines is 1. The fourth-order valence-electron chi connectivity index (χ4n) is 2.94. The minimum absolute atomic E-state index is 0.752. The summed E-state index contributed by atoms with van der Waals surface area (Å²) < 4.78 is 0. The number of para-hydroxylation sites is 1. The first-order valence-electron chi connectivity index (χ1n) is 7.88. The fraction of sp³-hybridized carbons (Fsp3) is 0.105. The number of fused-ring (bicyclic) bond motifs is 1. The Bertz CT molecular complexity index is 990. The van der Waals surface area contributed by atoms with E-state index in [1.807, 2.05) is 61.5 Å². The molecule has 1 atom stereocenters. The third-order valence-corrected chi connectivity index (χ3v) is 4.12. The van der Waals surface area contributed by atoms with E-state index in [4.69, 9.17) is 5.73 Å². The van der Waals surface area contributed by atoms with Gasteiger partial charge in [0.15, 0.2) is 5.66 Å². The van der Waals surface area contributed by atoms with Crippen LogP contribution in [-0.2, 0) is 5.66 Å². The molecule has 0 saturated carbocycles. The summed E-state index contributed by atoms with van der Waals surface area (Å²) in [6, 6.07) is 20.1. The summed E-state index contributed by atoms with van der Waals surface area (Å²) in [5, 5.41) is 16.3. The second kappa shape index (κ2) is 5.54. The molecule has 5 nitrogen and oxygen atoms in total. The molecule has 2 heterocycles. The molecule has 0 saturated heterocycles. The quantitative estimate of drug-likeness (QED) is 0.583. The second-order valence-corrected chi connectivity index (χ2v) is 6.03. The number of H-pyrrole nitrogens is 1. The van der Waals surface area contributed by atoms with Crippen molar-refractivity contribution in [2.24, 2.45) is 5.73 Å². The number of aryl methyl sites for hydroxylation is 1. The Kier molecular flexibility index (Phi) is 3.36. The van der Waals surface area contributed by atoms with E-state index in [2.05, 4.69) is 33.0 Å². The maximum absolute atomic E-state index is 6.64. The highest BCUT2D eigenvalue weighted by molar-refractivity contribution is 5.67. The molecule has 3 aromatic rings. The summed E-state index contributed by atoms with van der Waals surface area (Å²) in [5.74, 6) is 0.863. The van der Waals surface area contributed by atoms with Crippen LogP contribution in [-0.4, -0.2) is 10.2 Å². The zero-order chi connectivity index (χ0) is 16.6. The molecule has 4 rings (SSSR count). The maximum atomic E-state index is 6.64. The van der Waals surface area contributed by atoms with Crippen LogP contribution in [0.4, 0.5) is 5.69 Å². The predicted octanol–water partition coefficient (Wildman–Crippen LogP) is 1.09. The van der Waals surface area contributed by atoms with Gasteiger partial charge in [0.2, 0.25) is 0 Å². The summed E-state index contributed by atoms with van der Waals surface area (Å²) in [4.78, 5) is 0. The normalized spacial score (nSPS) is 19.2. The van der Waals surface area contributed by atoms with Crippen LogP contribution >= 0.6 is 0 Å². The smallest absolute Gasteiger partial charge is 0.153 e. The van der Waals surface area contributed by atoms with E-state index in [1.54, 1.807) is 0 Å². The number of nitrogens with one attached hydrogen (secondary N) is 3. The van der Waals surface area contributed by atoms with Crippen molar-refractivity contribution < 1.29 is 0 Å². The van der Waals surface area contributed by atoms with Crippen molar-refractivity contribution in [3.63, 3.8) is 0 Å². The summed E-state index contributed by atoms with van der Waals surface area (Å²) in [7, 11) is 0. The van der Waals surface area contributed by atoms with Gasteiger partial charge < -0.3 is 16.4 Å². The molecule has 0 fully saturated rings. The van der Waals surface area contributed by atoms with Crippen molar-refractivity contribution >= 4 is 17.6 Å². The van der Waals surface area contributed by atoms with Gasteiger partial charge in [0.1, 0.15) is 11.5 Å². The lowest BCUT2D eigenvalue weighted by atomic mass is 10.0. The van der Waals surface area contributed by atoms with Crippen molar-refractivity contribution in [3.05, 3.63) is 82.5 Å². The van der Waals surface area contributed by atoms with Crippen LogP contribution in [0.3, 0.4) is 0 Å². The first kappa shape index (κ1) is 14.5. The van der Waals surface area contributed by atoms with Crippen LogP contribution in [0.15, 0.2) is 60.7 Å². The van der Waals surface area contributed by atoms with Gasteiger partial charge in [-0.1, -0.05) is 42.5 Å². The van der Waals surface area contributed by atoms with Crippen molar-refractivity contribution in [1.82, 2.24) is 15.5 Å². The van der Waals surface area contributed by atoms with E-state index in [1.165, 1.54) is 0 Å². The first-order chi connectivity index (χ1) is 11.6. The van der Waals surface area contributed by atoms with Gasteiger partial charge in [-0.3, -0.25) is 5.10 Å². The summed E-state index contributed by atoms with van der Waals surface area (Å²) in [6.07, 6.45) is 2.01. The second-order valence-electron chi connectivity index (χ2n) is 6.03. The molecule has 0 amide bonds. The molecule has 120 valence electrons. The predicted molar refractivity (Wildman–Crippen MR) is 96.0 cm³/mol. The third-order valence-electron chi connectivity index (χ3n) is 4.12. The Labute approximate surface area is 139 Å². The molecule has 0 radical (unpaired) electrons. The van der Waals surface area contributed by atoms with Gasteiger partial charge in [0, 0.05) is 16.6 Å². The van der Waals surface area contributed by atoms with E-state index < -0.39 is 5.66 Å². The van der Waals surface area contributed by atoms with E-state index in [-0.39, 0.29) is 0 Å². The van der Waals surface area contributed by atoms with Gasteiger partial charge in [-0.15, -0.1) is 0 Å². The molecule has 1 aromatic heterocycles. The lowest BCUT2D eigenvalue weighted by Crippen LogP contribution is -2.56. The monoisotopic (exact) mass is 317 g/mol. The topological polar surface area (TPSA) is 78.8 Å². The highest BCUT2D eigenvalue weighted by atomic mass is 15.2. The number of benzene rings is 2. The Hall–Kier alpha value is -3.05. The molecular formula is C19H19N5. The van der Waals surface area contributed by atoms with Gasteiger partial charge >= 0.3 is 0 Å². The van der Waals surface area contributed by atoms with Crippen LogP contribution in [0.1, 0.15) is 11.4 Å². The molecule has 1 unspecified atom stereocenters. The molecule has 5 heteroatoms. The van der Waals surface area contributed by atoms with Crippen LogP contribution in [0.5, 0.6) is 0 Å². The molecule has 0 bridgehead atoms. The van der Waals surface area contributed by atoms with Crippen LogP contribution < -0.4 is 26.8 Å². The van der Waals surface area contributed by atoms with Crippen molar-refractivity contribution in [3.8, 4) is 0 Å². The molecule has 0 aliphatic carbocycles. The number of nitrogens with zero attached hydrogens (tertiary/aromatic N) is 1. The zero-order valence-corrected chi connectivity index (χ0v) is 13.4. The molecule has 1 aliphatic heterocycles. The zero-order valence-electron chi connectivity index (χ0n) is 13.4. The number of hydrogen-bond acceptors (Lipinski definition) is 4. The largest absolute Gasteiger partial charge is 0.345 e. The molecule has 2 aromatic carbocycles. The van der Waals surface area contributed by atoms with Crippen molar-refractivity contribution in [2.75, 3.05) is 5.32 Å². The Morgan fingerprint density at radius 3 is 2.54 bits per heavy atom. The molecule has 24 heavy (non-hydrogen) atoms. The Morgan fingerprint density at radius 1 is 1.04 bits per heavy atom. The van der Waals surface area contributed by atoms with E-state index in [0.717, 1.165) is 33.3 Å². The molecule has 1 aliphatic rings. The van der Waals surface area contributed by atoms with Gasteiger partial charge in [-0.05, 0) is 36.4 Å². The van der Waals surface area contributed by atoms with Gasteiger partial charge in [-0.25, -0.2) is 0 Å². The van der Waals surface area contributed by atoms with E-state index in [0.29, 0.717) is 0 Å². The number of aromatic nitrogens is 2. The van der Waals surface area contributed by atoms with Crippen molar-refractivity contribution in [1.29, 1.82) is 0 Å². The van der Waals surface area contributed by atoms with Crippen LogP contribution in [0.2, 0.25) is 0 Å². The molecule has 0 spiro atoms. The van der Waals surface area contributed by atoms with Gasteiger partial charge in [-0.2, -0.15) is 5.10 Å². The molecule has 5 N–H and O–H groups in total. The number of hydrogen-bond donors (Lipinski definition) is 4.